The summed E-state index contributed by atoms with van der Waals surface area (Å²) < 4.78 is 16.0. The topological polar surface area (TPSA) is 226 Å². The van der Waals surface area contributed by atoms with Gasteiger partial charge in [-0.1, -0.05) is 0 Å². The van der Waals surface area contributed by atoms with Crippen molar-refractivity contribution in [2.24, 2.45) is 5.73 Å². The number of primary amides is 1. The van der Waals surface area contributed by atoms with Gasteiger partial charge in [0.15, 0.2) is 17.9 Å². The molecule has 0 aromatic heterocycles. The summed E-state index contributed by atoms with van der Waals surface area (Å²) in [5, 5.41) is 58.5. The molecule has 8 atom stereocenters. The number of fused-ring (bicyclic) bond motifs is 5. The molecule has 14 heteroatoms. The smallest absolute Gasteiger partial charge is 0.404 e. The minimum atomic E-state index is -1.68. The van der Waals surface area contributed by atoms with Crippen molar-refractivity contribution in [1.29, 1.82) is 0 Å². The third-order valence-corrected chi connectivity index (χ3v) is 7.55. The number of cyclic esters (lactones) is 1. The van der Waals surface area contributed by atoms with Crippen molar-refractivity contribution in [2.45, 2.75) is 55.0 Å². The molecule has 1 unspecified atom stereocenters. The molecule has 0 bridgehead atoms. The fraction of sp³-hybridized carbons (Fsp3) is 0.619. The highest BCUT2D eigenvalue weighted by Gasteiger charge is 2.71. The summed E-state index contributed by atoms with van der Waals surface area (Å²) in [5.41, 5.74) is 4.68. The number of hydrogen-bond acceptors (Lipinski definition) is 13. The van der Waals surface area contributed by atoms with Crippen LogP contribution in [0.5, 0.6) is 11.5 Å². The fourth-order valence-electron chi connectivity index (χ4n) is 5.80. The molecule has 5 rings (SSSR count). The van der Waals surface area contributed by atoms with Gasteiger partial charge in [0.05, 0.1) is 29.9 Å². The summed E-state index contributed by atoms with van der Waals surface area (Å²) in [5.74, 6) is -2.32. The number of nitrogens with one attached hydrogen (secondary N) is 2. The van der Waals surface area contributed by atoms with Gasteiger partial charge in [0, 0.05) is 30.8 Å². The molecule has 35 heavy (non-hydrogen) atoms. The Bertz CT molecular complexity index is 1080. The van der Waals surface area contributed by atoms with Crippen molar-refractivity contribution in [1.82, 2.24) is 5.32 Å². The second-order valence-electron chi connectivity index (χ2n) is 9.22. The molecule has 4 heterocycles. The zero-order chi connectivity index (χ0) is 25.4. The molecule has 3 saturated heterocycles. The van der Waals surface area contributed by atoms with Crippen LogP contribution in [0, 0.1) is 6.92 Å². The number of phenolic OH excluding ortho intramolecular Hbond substituents is 2. The summed E-state index contributed by atoms with van der Waals surface area (Å²) >= 11 is 0. The second-order valence-corrected chi connectivity index (χ2v) is 9.22. The van der Waals surface area contributed by atoms with Gasteiger partial charge in [-0.25, -0.2) is 9.59 Å². The number of carbonyl (C=O) groups excluding carboxylic acids is 2. The number of aromatic hydroxyl groups is 2. The van der Waals surface area contributed by atoms with Crippen LogP contribution in [-0.4, -0.2) is 107 Å². The number of methoxy groups -OCH3 is 1. The Morgan fingerprint density at radius 3 is 2.66 bits per heavy atom. The predicted octanol–water partition coefficient (Wildman–Crippen LogP) is -2.48. The minimum absolute atomic E-state index is 0.0759. The van der Waals surface area contributed by atoms with Crippen LogP contribution in [-0.2, 0) is 19.0 Å². The van der Waals surface area contributed by atoms with E-state index < -0.39 is 54.7 Å². The van der Waals surface area contributed by atoms with Crippen molar-refractivity contribution in [3.63, 3.8) is 0 Å². The molecule has 192 valence electrons. The summed E-state index contributed by atoms with van der Waals surface area (Å²) in [7, 11) is 1.48. The lowest BCUT2D eigenvalue weighted by molar-refractivity contribution is -0.184. The number of piperazine rings is 1. The number of benzene rings is 1. The van der Waals surface area contributed by atoms with Gasteiger partial charge < -0.3 is 61.0 Å². The average Bonchev–Trinajstić information content (AvgIpc) is 3.43. The van der Waals surface area contributed by atoms with Crippen molar-refractivity contribution in [2.75, 3.05) is 37.1 Å². The standard InChI is InChI=1S/C21H28N4O10/c1-6-11(24-12-17(30)15(28)9(4-26)35-19(12)31)16(29)10-7(5-34-20(22)32)21(33-2)18-8(23-18)3-25(21)13(10)14(6)27/h7-9,12,15,17-18,23-24,26-30H,3-5H2,1-2H3,(H2,22,32)/t7?,8-,9+,12+,15+,17+,18-,21+/m0/s1. The van der Waals surface area contributed by atoms with E-state index in [1.165, 1.54) is 14.0 Å². The van der Waals surface area contributed by atoms with E-state index in [2.05, 4.69) is 10.6 Å². The van der Waals surface area contributed by atoms with E-state index in [1.54, 1.807) is 0 Å². The highest BCUT2D eigenvalue weighted by molar-refractivity contribution is 5.89. The molecule has 14 nitrogen and oxygen atoms in total. The van der Waals surface area contributed by atoms with E-state index in [-0.39, 0.29) is 47.0 Å². The Morgan fingerprint density at radius 2 is 2.03 bits per heavy atom. The van der Waals surface area contributed by atoms with E-state index in [0.29, 0.717) is 12.2 Å². The van der Waals surface area contributed by atoms with Gasteiger partial charge in [0.25, 0.3) is 0 Å². The third-order valence-electron chi connectivity index (χ3n) is 7.55. The molecule has 3 fully saturated rings. The Labute approximate surface area is 199 Å². The molecular formula is C21H28N4O10. The maximum Gasteiger partial charge on any atom is 0.404 e. The minimum Gasteiger partial charge on any atom is -0.505 e. The number of rotatable bonds is 6. The van der Waals surface area contributed by atoms with E-state index in [4.69, 9.17) is 19.9 Å². The van der Waals surface area contributed by atoms with E-state index in [1.807, 2.05) is 4.90 Å². The Morgan fingerprint density at radius 1 is 1.31 bits per heavy atom. The van der Waals surface area contributed by atoms with Crippen LogP contribution in [0.25, 0.3) is 0 Å². The number of nitrogens with zero attached hydrogens (tertiary/aromatic N) is 1. The number of aliphatic hydroxyl groups excluding tert-OH is 3. The van der Waals surface area contributed by atoms with Gasteiger partial charge in [0.1, 0.15) is 30.3 Å². The second kappa shape index (κ2) is 7.99. The van der Waals surface area contributed by atoms with Crippen LogP contribution < -0.4 is 21.3 Å². The Balaban J connectivity index is 1.59. The molecule has 0 radical (unpaired) electrons. The maximum absolute atomic E-state index is 12.5. The highest BCUT2D eigenvalue weighted by Crippen LogP contribution is 2.63. The number of ether oxygens (including phenoxy) is 3. The number of hydrogen-bond donors (Lipinski definition) is 8. The number of aliphatic hydroxyl groups is 3. The van der Waals surface area contributed by atoms with Gasteiger partial charge in [-0.05, 0) is 6.92 Å². The first-order chi connectivity index (χ1) is 16.6. The van der Waals surface area contributed by atoms with Crippen LogP contribution in [0.15, 0.2) is 0 Å². The lowest BCUT2D eigenvalue weighted by Crippen LogP contribution is -2.59. The van der Waals surface area contributed by atoms with Gasteiger partial charge in [-0.15, -0.1) is 0 Å². The highest BCUT2D eigenvalue weighted by atomic mass is 16.6. The van der Waals surface area contributed by atoms with Crippen LogP contribution >= 0.6 is 0 Å². The van der Waals surface area contributed by atoms with Gasteiger partial charge >= 0.3 is 12.1 Å². The fourth-order valence-corrected chi connectivity index (χ4v) is 5.80. The third kappa shape index (κ3) is 3.14. The average molecular weight is 496 g/mol. The summed E-state index contributed by atoms with van der Waals surface area (Å²) in [4.78, 5) is 25.7. The summed E-state index contributed by atoms with van der Waals surface area (Å²) in [6.45, 7) is 1.01. The van der Waals surface area contributed by atoms with Crippen LogP contribution in [0.2, 0.25) is 0 Å². The number of esters is 1. The first kappa shape index (κ1) is 23.7. The number of nitrogens with two attached hydrogens (primary N) is 1. The molecule has 0 spiro atoms. The Kier molecular flexibility index (Phi) is 5.41. The Hall–Kier alpha value is -3.04. The van der Waals surface area contributed by atoms with Crippen LogP contribution in [0.1, 0.15) is 17.0 Å². The monoisotopic (exact) mass is 496 g/mol. The van der Waals surface area contributed by atoms with Gasteiger partial charge in [0.2, 0.25) is 0 Å². The molecule has 0 aliphatic carbocycles. The van der Waals surface area contributed by atoms with E-state index in [9.17, 15) is 35.1 Å². The van der Waals surface area contributed by atoms with Crippen LogP contribution in [0.3, 0.4) is 0 Å². The zero-order valence-electron chi connectivity index (χ0n) is 19.0. The molecule has 1 aromatic rings. The number of amides is 1. The molecule has 4 aliphatic rings. The molecule has 9 N–H and O–H groups in total. The van der Waals surface area contributed by atoms with Crippen molar-refractivity contribution in [3.05, 3.63) is 11.1 Å². The van der Waals surface area contributed by atoms with E-state index >= 15 is 0 Å². The number of anilines is 2. The molecule has 4 aliphatic heterocycles. The van der Waals surface area contributed by atoms with Crippen molar-refractivity contribution < 1.29 is 49.3 Å². The van der Waals surface area contributed by atoms with Crippen molar-refractivity contribution >= 4 is 23.4 Å². The van der Waals surface area contributed by atoms with E-state index in [0.717, 1.165) is 0 Å². The van der Waals surface area contributed by atoms with Gasteiger partial charge in [-0.3, -0.25) is 0 Å². The number of carbonyl (C=O) groups is 2. The number of phenols is 2. The molecule has 1 amide bonds. The first-order valence-electron chi connectivity index (χ1n) is 11.1. The SMILES string of the molecule is CO[C@@]12C(COC(N)=O)c3c(O)c(N[C@H]4C(=O)O[C@H](CO)[C@@H](O)[C@@H]4O)c(C)c(O)c3N1C[C@@H]1N[C@@H]12. The predicted molar refractivity (Wildman–Crippen MR) is 117 cm³/mol. The largest absolute Gasteiger partial charge is 0.505 e. The molecular weight excluding hydrogens is 468 g/mol. The van der Waals surface area contributed by atoms with Crippen LogP contribution in [0.4, 0.5) is 16.2 Å². The quantitative estimate of drug-likeness (QED) is 0.0884. The maximum atomic E-state index is 12.5. The first-order valence-corrected chi connectivity index (χ1v) is 11.1. The normalized spacial score (nSPS) is 36.8. The lowest BCUT2D eigenvalue weighted by Gasteiger charge is -2.38. The summed E-state index contributed by atoms with van der Waals surface area (Å²) in [6, 6.07) is -1.60. The zero-order valence-corrected chi connectivity index (χ0v) is 19.0. The van der Waals surface area contributed by atoms with Gasteiger partial charge in [-0.2, -0.15) is 0 Å². The van der Waals surface area contributed by atoms with Crippen molar-refractivity contribution in [3.8, 4) is 11.5 Å². The summed E-state index contributed by atoms with van der Waals surface area (Å²) in [6.07, 6.45) is -5.59. The molecule has 1 aromatic carbocycles. The lowest BCUT2D eigenvalue weighted by atomic mass is 9.87. The molecule has 0 saturated carbocycles.